The largest absolute Gasteiger partial charge is 0.360 e. The van der Waals surface area contributed by atoms with Crippen LogP contribution in [-0.2, 0) is 4.79 Å². The Hall–Kier alpha value is -1.49. The van der Waals surface area contributed by atoms with Crippen molar-refractivity contribution < 1.29 is 9.59 Å². The summed E-state index contributed by atoms with van der Waals surface area (Å²) in [5.41, 5.74) is 5.70. The fourth-order valence-electron chi connectivity index (χ4n) is 0.926. The third kappa shape index (κ3) is 3.49. The summed E-state index contributed by atoms with van der Waals surface area (Å²) in [5.74, 6) is -0.125. The van der Waals surface area contributed by atoms with Crippen LogP contribution in [0.3, 0.4) is 0 Å². The number of hydrogen-bond acceptors (Lipinski definition) is 3. The highest BCUT2D eigenvalue weighted by Crippen LogP contribution is 2.19. The second-order valence-corrected chi connectivity index (χ2v) is 3.70. The first-order valence-corrected chi connectivity index (χ1v) is 4.74. The van der Waals surface area contributed by atoms with Gasteiger partial charge >= 0.3 is 0 Å². The van der Waals surface area contributed by atoms with Gasteiger partial charge in [-0.05, 0) is 36.0 Å². The van der Waals surface area contributed by atoms with Gasteiger partial charge in [0.25, 0.3) is 5.24 Å². The molecule has 0 aliphatic rings. The Balaban J connectivity index is 2.68. The maximum Gasteiger partial charge on any atom is 0.281 e. The van der Waals surface area contributed by atoms with Gasteiger partial charge in [0.15, 0.2) is 0 Å². The Morgan fingerprint density at radius 1 is 1.29 bits per heavy atom. The summed E-state index contributed by atoms with van der Waals surface area (Å²) >= 11 is 0.952. The van der Waals surface area contributed by atoms with Crippen molar-refractivity contribution in [3.63, 3.8) is 0 Å². The topological polar surface area (TPSA) is 72.2 Å². The van der Waals surface area contributed by atoms with E-state index < -0.39 is 5.24 Å². The van der Waals surface area contributed by atoms with Gasteiger partial charge in [0.1, 0.15) is 0 Å². The van der Waals surface area contributed by atoms with Gasteiger partial charge in [-0.3, -0.25) is 9.59 Å². The minimum Gasteiger partial charge on any atom is -0.360 e. The average Bonchev–Trinajstić information content (AvgIpc) is 2.06. The molecular formula is C9H10N2O2S. The molecule has 1 aromatic rings. The number of benzene rings is 1. The number of rotatable bonds is 2. The van der Waals surface area contributed by atoms with Crippen molar-refractivity contribution in [3.8, 4) is 0 Å². The highest BCUT2D eigenvalue weighted by molar-refractivity contribution is 8.13. The minimum absolute atomic E-state index is 0.125. The summed E-state index contributed by atoms with van der Waals surface area (Å²) in [5, 5.41) is 2.17. The van der Waals surface area contributed by atoms with Crippen LogP contribution in [0, 0.1) is 0 Å². The molecule has 0 aromatic heterocycles. The molecule has 0 unspecified atom stereocenters. The van der Waals surface area contributed by atoms with Crippen molar-refractivity contribution >= 4 is 28.6 Å². The lowest BCUT2D eigenvalue weighted by Crippen LogP contribution is -2.05. The minimum atomic E-state index is -0.447. The molecule has 74 valence electrons. The van der Waals surface area contributed by atoms with Crippen molar-refractivity contribution in [1.29, 1.82) is 0 Å². The molecule has 5 heteroatoms. The number of thioether (sulfide) groups is 1. The van der Waals surface area contributed by atoms with E-state index in [2.05, 4.69) is 5.32 Å². The molecule has 0 aliphatic carbocycles. The predicted octanol–water partition coefficient (Wildman–Crippen LogP) is 1.82. The van der Waals surface area contributed by atoms with Crippen molar-refractivity contribution in [2.45, 2.75) is 11.8 Å². The first-order chi connectivity index (χ1) is 6.58. The number of nitrogens with two attached hydrogens (primary N) is 1. The van der Waals surface area contributed by atoms with Gasteiger partial charge in [-0.15, -0.1) is 0 Å². The Kier molecular flexibility index (Phi) is 3.53. The Morgan fingerprint density at radius 3 is 2.29 bits per heavy atom. The molecular weight excluding hydrogens is 200 g/mol. The SMILES string of the molecule is CC(=O)Nc1ccc(SC(N)=O)cc1. The lowest BCUT2D eigenvalue weighted by molar-refractivity contribution is -0.114. The second kappa shape index (κ2) is 4.66. The molecule has 0 spiro atoms. The lowest BCUT2D eigenvalue weighted by Gasteiger charge is -2.02. The molecule has 0 atom stereocenters. The molecule has 0 bridgehead atoms. The third-order valence-corrected chi connectivity index (χ3v) is 2.10. The molecule has 0 heterocycles. The van der Waals surface area contributed by atoms with E-state index in [-0.39, 0.29) is 5.91 Å². The van der Waals surface area contributed by atoms with E-state index in [0.29, 0.717) is 5.69 Å². The normalized spacial score (nSPS) is 9.50. The van der Waals surface area contributed by atoms with Crippen molar-refractivity contribution in [2.24, 2.45) is 5.73 Å². The first-order valence-electron chi connectivity index (χ1n) is 3.93. The van der Waals surface area contributed by atoms with E-state index >= 15 is 0 Å². The van der Waals surface area contributed by atoms with E-state index in [0.717, 1.165) is 16.7 Å². The van der Waals surface area contributed by atoms with E-state index in [4.69, 9.17) is 5.73 Å². The molecule has 3 N–H and O–H groups in total. The highest BCUT2D eigenvalue weighted by atomic mass is 32.2. The monoisotopic (exact) mass is 210 g/mol. The molecule has 14 heavy (non-hydrogen) atoms. The quantitative estimate of drug-likeness (QED) is 0.731. The number of amides is 2. The fraction of sp³-hybridized carbons (Fsp3) is 0.111. The van der Waals surface area contributed by atoms with Crippen LogP contribution in [0.5, 0.6) is 0 Å². The van der Waals surface area contributed by atoms with Crippen LogP contribution in [-0.4, -0.2) is 11.1 Å². The van der Waals surface area contributed by atoms with Crippen molar-refractivity contribution in [1.82, 2.24) is 0 Å². The van der Waals surface area contributed by atoms with E-state index in [1.165, 1.54) is 6.92 Å². The van der Waals surface area contributed by atoms with Gasteiger partial charge in [0, 0.05) is 17.5 Å². The molecule has 0 radical (unpaired) electrons. The zero-order valence-corrected chi connectivity index (χ0v) is 8.43. The van der Waals surface area contributed by atoms with Gasteiger partial charge < -0.3 is 11.1 Å². The van der Waals surface area contributed by atoms with Gasteiger partial charge in [-0.25, -0.2) is 0 Å². The number of hydrogen-bond donors (Lipinski definition) is 2. The number of anilines is 1. The van der Waals surface area contributed by atoms with Crippen LogP contribution in [0.2, 0.25) is 0 Å². The fourth-order valence-corrected chi connectivity index (χ4v) is 1.43. The van der Waals surface area contributed by atoms with Crippen LogP contribution in [0.1, 0.15) is 6.92 Å². The zero-order valence-electron chi connectivity index (χ0n) is 7.61. The average molecular weight is 210 g/mol. The molecule has 0 fully saturated rings. The Labute approximate surface area is 85.9 Å². The summed E-state index contributed by atoms with van der Waals surface area (Å²) in [7, 11) is 0. The third-order valence-electron chi connectivity index (χ3n) is 1.39. The van der Waals surface area contributed by atoms with Gasteiger partial charge in [0.05, 0.1) is 0 Å². The van der Waals surface area contributed by atoms with E-state index in [1.54, 1.807) is 24.3 Å². The smallest absolute Gasteiger partial charge is 0.281 e. The molecule has 1 aromatic carbocycles. The summed E-state index contributed by atoms with van der Waals surface area (Å²) < 4.78 is 0. The van der Waals surface area contributed by atoms with Crippen molar-refractivity contribution in [2.75, 3.05) is 5.32 Å². The predicted molar refractivity (Wildman–Crippen MR) is 56.2 cm³/mol. The molecule has 4 nitrogen and oxygen atoms in total. The lowest BCUT2D eigenvalue weighted by atomic mass is 10.3. The molecule has 2 amide bonds. The number of primary amides is 1. The number of carbonyl (C=O) groups is 2. The summed E-state index contributed by atoms with van der Waals surface area (Å²) in [6.07, 6.45) is 0. The Morgan fingerprint density at radius 2 is 1.86 bits per heavy atom. The second-order valence-electron chi connectivity index (χ2n) is 2.63. The van der Waals surface area contributed by atoms with Crippen LogP contribution < -0.4 is 11.1 Å². The van der Waals surface area contributed by atoms with Crippen LogP contribution >= 0.6 is 11.8 Å². The van der Waals surface area contributed by atoms with Gasteiger partial charge in [0.2, 0.25) is 5.91 Å². The summed E-state index contributed by atoms with van der Waals surface area (Å²) in [6, 6.07) is 6.88. The maximum absolute atomic E-state index is 10.7. The molecule has 1 rings (SSSR count). The summed E-state index contributed by atoms with van der Waals surface area (Å²) in [4.78, 5) is 22.0. The van der Waals surface area contributed by atoms with Crippen LogP contribution in [0.4, 0.5) is 10.5 Å². The van der Waals surface area contributed by atoms with Gasteiger partial charge in [-0.2, -0.15) is 0 Å². The van der Waals surface area contributed by atoms with E-state index in [9.17, 15) is 9.59 Å². The molecule has 0 saturated carbocycles. The molecule has 0 aliphatic heterocycles. The van der Waals surface area contributed by atoms with Crippen molar-refractivity contribution in [3.05, 3.63) is 24.3 Å². The van der Waals surface area contributed by atoms with E-state index in [1.807, 2.05) is 0 Å². The number of carbonyl (C=O) groups excluding carboxylic acids is 2. The van der Waals surface area contributed by atoms with Crippen LogP contribution in [0.25, 0.3) is 0 Å². The van der Waals surface area contributed by atoms with Gasteiger partial charge in [-0.1, -0.05) is 0 Å². The zero-order chi connectivity index (χ0) is 10.6. The highest BCUT2D eigenvalue weighted by Gasteiger charge is 1.99. The maximum atomic E-state index is 10.7. The number of nitrogens with one attached hydrogen (secondary N) is 1. The first kappa shape index (κ1) is 10.6. The standard InChI is InChI=1S/C9H10N2O2S/c1-6(12)11-7-2-4-8(5-3-7)14-9(10)13/h2-5H,1H3,(H2,10,13)(H,11,12). The summed E-state index contributed by atoms with van der Waals surface area (Å²) in [6.45, 7) is 1.44. The Bertz CT molecular complexity index is 313. The molecule has 0 saturated heterocycles. The van der Waals surface area contributed by atoms with Crippen LogP contribution in [0.15, 0.2) is 29.2 Å².